The molecule has 1 aliphatic heterocycles. The molecule has 0 aliphatic carbocycles. The van der Waals surface area contributed by atoms with E-state index in [2.05, 4.69) is 5.32 Å². The Morgan fingerprint density at radius 1 is 1.19 bits per heavy atom. The summed E-state index contributed by atoms with van der Waals surface area (Å²) in [7, 11) is 1.61. The fourth-order valence-electron chi connectivity index (χ4n) is 2.48. The van der Waals surface area contributed by atoms with Gasteiger partial charge in [-0.05, 0) is 30.3 Å². The van der Waals surface area contributed by atoms with Gasteiger partial charge in [0.1, 0.15) is 11.5 Å². The summed E-state index contributed by atoms with van der Waals surface area (Å²) in [5, 5.41) is 3.07. The van der Waals surface area contributed by atoms with Crippen LogP contribution in [0, 0.1) is 0 Å². The number of carbonyl (C=O) groups excluding carboxylic acids is 1. The van der Waals surface area contributed by atoms with Crippen molar-refractivity contribution in [3.8, 4) is 11.5 Å². The molecule has 0 unspecified atom stereocenters. The normalized spacial score (nSPS) is 16.5. The Morgan fingerprint density at radius 3 is 2.71 bits per heavy atom. The lowest BCUT2D eigenvalue weighted by Gasteiger charge is -2.26. The zero-order valence-electron chi connectivity index (χ0n) is 11.8. The minimum absolute atomic E-state index is 0.00967. The van der Waals surface area contributed by atoms with Gasteiger partial charge >= 0.3 is 0 Å². The van der Waals surface area contributed by atoms with E-state index in [1.165, 1.54) is 0 Å². The molecule has 1 heterocycles. The Hall–Kier alpha value is -2.49. The number of hydrogen-bond donors (Lipinski definition) is 1. The Balaban J connectivity index is 1.76. The summed E-state index contributed by atoms with van der Waals surface area (Å²) in [6.07, 6.45) is 0.777. The van der Waals surface area contributed by atoms with E-state index < -0.39 is 0 Å². The molecule has 0 saturated carbocycles. The third-order valence-electron chi connectivity index (χ3n) is 3.62. The highest BCUT2D eigenvalue weighted by Crippen LogP contribution is 2.31. The number of fused-ring (bicyclic) bond motifs is 1. The minimum atomic E-state index is -0.0839. The first-order valence-corrected chi connectivity index (χ1v) is 6.94. The molecule has 2 aromatic carbocycles. The quantitative estimate of drug-likeness (QED) is 0.942. The summed E-state index contributed by atoms with van der Waals surface area (Å²) in [6.45, 7) is 0.616. The van der Waals surface area contributed by atoms with Gasteiger partial charge in [-0.15, -0.1) is 0 Å². The summed E-state index contributed by atoms with van der Waals surface area (Å²) >= 11 is 0. The van der Waals surface area contributed by atoms with Crippen LogP contribution in [-0.2, 0) is 0 Å². The number of benzene rings is 2. The molecule has 0 radical (unpaired) electrons. The van der Waals surface area contributed by atoms with Crippen LogP contribution in [-0.4, -0.2) is 19.6 Å². The second-order valence-corrected chi connectivity index (χ2v) is 4.93. The van der Waals surface area contributed by atoms with Gasteiger partial charge in [-0.2, -0.15) is 0 Å². The second-order valence-electron chi connectivity index (χ2n) is 4.93. The summed E-state index contributed by atoms with van der Waals surface area (Å²) in [5.41, 5.74) is 1.66. The topological polar surface area (TPSA) is 47.6 Å². The molecule has 21 heavy (non-hydrogen) atoms. The van der Waals surface area contributed by atoms with Crippen molar-refractivity contribution in [1.29, 1.82) is 0 Å². The van der Waals surface area contributed by atoms with Gasteiger partial charge in [0.15, 0.2) is 0 Å². The number of ether oxygens (including phenoxy) is 2. The van der Waals surface area contributed by atoms with Crippen molar-refractivity contribution in [2.45, 2.75) is 12.5 Å². The standard InChI is InChI=1S/C17H17NO3/c1-20-13-8-6-12(7-9-13)17(19)18-15-10-11-21-16-5-3-2-4-14(15)16/h2-9,15H,10-11H2,1H3,(H,18,19)/t15-/m1/s1. The molecule has 0 fully saturated rings. The Morgan fingerprint density at radius 2 is 1.95 bits per heavy atom. The Labute approximate surface area is 123 Å². The lowest BCUT2D eigenvalue weighted by Crippen LogP contribution is -2.32. The fraction of sp³-hybridized carbons (Fsp3) is 0.235. The van der Waals surface area contributed by atoms with E-state index in [0.29, 0.717) is 12.2 Å². The van der Waals surface area contributed by atoms with Crippen molar-refractivity contribution in [3.05, 3.63) is 59.7 Å². The first-order valence-electron chi connectivity index (χ1n) is 6.94. The summed E-state index contributed by atoms with van der Waals surface area (Å²) in [4.78, 5) is 12.3. The zero-order valence-corrected chi connectivity index (χ0v) is 11.8. The molecule has 4 heteroatoms. The first-order chi connectivity index (χ1) is 10.3. The molecule has 1 amide bonds. The van der Waals surface area contributed by atoms with Crippen LogP contribution in [0.3, 0.4) is 0 Å². The molecule has 4 nitrogen and oxygen atoms in total. The van der Waals surface area contributed by atoms with Crippen molar-refractivity contribution in [2.24, 2.45) is 0 Å². The maximum Gasteiger partial charge on any atom is 0.251 e. The summed E-state index contributed by atoms with van der Waals surface area (Å²) in [5.74, 6) is 1.51. The van der Waals surface area contributed by atoms with Crippen molar-refractivity contribution in [1.82, 2.24) is 5.32 Å². The molecular weight excluding hydrogens is 266 g/mol. The molecule has 0 spiro atoms. The van der Waals surface area contributed by atoms with Gasteiger partial charge in [0.25, 0.3) is 5.91 Å². The maximum atomic E-state index is 12.3. The van der Waals surface area contributed by atoms with Gasteiger partial charge in [-0.25, -0.2) is 0 Å². The number of rotatable bonds is 3. The molecule has 1 atom stereocenters. The lowest BCUT2D eigenvalue weighted by atomic mass is 10.00. The average Bonchev–Trinajstić information content (AvgIpc) is 2.55. The van der Waals surface area contributed by atoms with Crippen molar-refractivity contribution in [3.63, 3.8) is 0 Å². The van der Waals surface area contributed by atoms with Gasteiger partial charge in [0.2, 0.25) is 0 Å². The average molecular weight is 283 g/mol. The van der Waals surface area contributed by atoms with E-state index in [9.17, 15) is 4.79 Å². The van der Waals surface area contributed by atoms with Crippen LogP contribution in [0.4, 0.5) is 0 Å². The van der Waals surface area contributed by atoms with E-state index in [-0.39, 0.29) is 11.9 Å². The van der Waals surface area contributed by atoms with E-state index in [0.717, 1.165) is 23.5 Å². The smallest absolute Gasteiger partial charge is 0.251 e. The number of amides is 1. The van der Waals surface area contributed by atoms with Gasteiger partial charge in [0, 0.05) is 17.5 Å². The van der Waals surface area contributed by atoms with Crippen LogP contribution in [0.5, 0.6) is 11.5 Å². The van der Waals surface area contributed by atoms with E-state index in [4.69, 9.17) is 9.47 Å². The highest BCUT2D eigenvalue weighted by molar-refractivity contribution is 5.94. The largest absolute Gasteiger partial charge is 0.497 e. The monoisotopic (exact) mass is 283 g/mol. The van der Waals surface area contributed by atoms with Crippen molar-refractivity contribution in [2.75, 3.05) is 13.7 Å². The third kappa shape index (κ3) is 2.84. The molecule has 3 rings (SSSR count). The SMILES string of the molecule is COc1ccc(C(=O)N[C@@H]2CCOc3ccccc32)cc1. The zero-order chi connectivity index (χ0) is 14.7. The summed E-state index contributed by atoms with van der Waals surface area (Å²) in [6, 6.07) is 14.9. The van der Waals surface area contributed by atoms with Gasteiger partial charge in [-0.1, -0.05) is 18.2 Å². The molecule has 108 valence electrons. The maximum absolute atomic E-state index is 12.3. The predicted octanol–water partition coefficient (Wildman–Crippen LogP) is 2.95. The van der Waals surface area contributed by atoms with Gasteiger partial charge < -0.3 is 14.8 Å². The predicted molar refractivity (Wildman–Crippen MR) is 79.8 cm³/mol. The van der Waals surface area contributed by atoms with Crippen molar-refractivity contribution < 1.29 is 14.3 Å². The van der Waals surface area contributed by atoms with Crippen LogP contribution < -0.4 is 14.8 Å². The fourth-order valence-corrected chi connectivity index (χ4v) is 2.48. The number of hydrogen-bond acceptors (Lipinski definition) is 3. The second kappa shape index (κ2) is 5.87. The minimum Gasteiger partial charge on any atom is -0.497 e. The molecular formula is C17H17NO3. The molecule has 1 N–H and O–H groups in total. The Kier molecular flexibility index (Phi) is 3.77. The third-order valence-corrected chi connectivity index (χ3v) is 3.62. The molecule has 0 saturated heterocycles. The van der Waals surface area contributed by atoms with Crippen LogP contribution in [0.25, 0.3) is 0 Å². The molecule has 2 aromatic rings. The Bertz CT molecular complexity index is 637. The van der Waals surface area contributed by atoms with Crippen LogP contribution in [0.2, 0.25) is 0 Å². The van der Waals surface area contributed by atoms with Crippen LogP contribution in [0.15, 0.2) is 48.5 Å². The summed E-state index contributed by atoms with van der Waals surface area (Å²) < 4.78 is 10.7. The highest BCUT2D eigenvalue weighted by atomic mass is 16.5. The highest BCUT2D eigenvalue weighted by Gasteiger charge is 2.22. The first kappa shape index (κ1) is 13.5. The molecule has 1 aliphatic rings. The number of carbonyl (C=O) groups is 1. The number of para-hydroxylation sites is 1. The lowest BCUT2D eigenvalue weighted by molar-refractivity contribution is 0.0925. The van der Waals surface area contributed by atoms with Crippen molar-refractivity contribution >= 4 is 5.91 Å². The van der Waals surface area contributed by atoms with E-state index in [1.807, 2.05) is 24.3 Å². The molecule has 0 bridgehead atoms. The van der Waals surface area contributed by atoms with Gasteiger partial charge in [0.05, 0.1) is 19.8 Å². The van der Waals surface area contributed by atoms with Gasteiger partial charge in [-0.3, -0.25) is 4.79 Å². The van der Waals surface area contributed by atoms with Crippen LogP contribution >= 0.6 is 0 Å². The molecule has 0 aromatic heterocycles. The van der Waals surface area contributed by atoms with E-state index in [1.54, 1.807) is 31.4 Å². The van der Waals surface area contributed by atoms with E-state index >= 15 is 0 Å². The number of methoxy groups -OCH3 is 1. The van der Waals surface area contributed by atoms with Crippen LogP contribution in [0.1, 0.15) is 28.4 Å². The number of nitrogens with one attached hydrogen (secondary N) is 1.